The number of aromatic nitrogens is 2. The second-order valence-corrected chi connectivity index (χ2v) is 5.12. The molecular formula is C14H18N4O2. The average Bonchev–Trinajstić information content (AvgIpc) is 2.76. The molecule has 0 atom stereocenters. The zero-order chi connectivity index (χ0) is 14.1. The van der Waals surface area contributed by atoms with E-state index in [0.717, 1.165) is 49.6 Å². The normalized spacial score (nSPS) is 16.6. The van der Waals surface area contributed by atoms with Crippen LogP contribution in [0.4, 0.5) is 0 Å². The van der Waals surface area contributed by atoms with Crippen molar-refractivity contribution in [2.45, 2.75) is 6.54 Å². The van der Waals surface area contributed by atoms with Gasteiger partial charge in [-0.1, -0.05) is 0 Å². The monoisotopic (exact) mass is 274 g/mol. The van der Waals surface area contributed by atoms with E-state index in [2.05, 4.69) is 15.2 Å². The molecule has 1 aliphatic heterocycles. The molecule has 1 aromatic carbocycles. The molecule has 0 bridgehead atoms. The van der Waals surface area contributed by atoms with E-state index in [1.165, 1.54) is 0 Å². The first-order valence-corrected chi connectivity index (χ1v) is 6.77. The van der Waals surface area contributed by atoms with Crippen molar-refractivity contribution in [1.29, 1.82) is 0 Å². The Hall–Kier alpha value is -1.92. The molecule has 0 saturated carbocycles. The lowest BCUT2D eigenvalue weighted by atomic mass is 10.2. The largest absolute Gasteiger partial charge is 0.478 e. The van der Waals surface area contributed by atoms with Crippen LogP contribution in [0.3, 0.4) is 0 Å². The maximum Gasteiger partial charge on any atom is 0.335 e. The summed E-state index contributed by atoms with van der Waals surface area (Å²) in [6.45, 7) is 4.85. The Labute approximate surface area is 117 Å². The van der Waals surface area contributed by atoms with Crippen LogP contribution in [0.1, 0.15) is 16.2 Å². The number of imidazole rings is 1. The lowest BCUT2D eigenvalue weighted by Gasteiger charge is -2.26. The van der Waals surface area contributed by atoms with E-state index in [4.69, 9.17) is 5.11 Å². The molecule has 1 fully saturated rings. The van der Waals surface area contributed by atoms with E-state index in [-0.39, 0.29) is 0 Å². The molecule has 1 aromatic heterocycles. The van der Waals surface area contributed by atoms with Gasteiger partial charge in [0.1, 0.15) is 5.82 Å². The molecular weight excluding hydrogens is 256 g/mol. The average molecular weight is 274 g/mol. The summed E-state index contributed by atoms with van der Waals surface area (Å²) in [7, 11) is 1.94. The van der Waals surface area contributed by atoms with Crippen molar-refractivity contribution in [3.63, 3.8) is 0 Å². The number of fused-ring (bicyclic) bond motifs is 1. The molecule has 0 aliphatic carbocycles. The molecule has 1 saturated heterocycles. The van der Waals surface area contributed by atoms with Crippen molar-refractivity contribution >= 4 is 17.0 Å². The number of carbonyl (C=O) groups is 1. The molecule has 2 N–H and O–H groups in total. The van der Waals surface area contributed by atoms with Gasteiger partial charge in [0.25, 0.3) is 0 Å². The van der Waals surface area contributed by atoms with Crippen LogP contribution in [0, 0.1) is 0 Å². The molecule has 0 spiro atoms. The van der Waals surface area contributed by atoms with Crippen molar-refractivity contribution < 1.29 is 9.90 Å². The number of carboxylic acids is 1. The third-order valence-electron chi connectivity index (χ3n) is 3.80. The maximum absolute atomic E-state index is 11.0. The summed E-state index contributed by atoms with van der Waals surface area (Å²) in [5.74, 6) is 0.0705. The number of aromatic carboxylic acids is 1. The number of nitrogens with zero attached hydrogens (tertiary/aromatic N) is 3. The Morgan fingerprint density at radius 3 is 2.85 bits per heavy atom. The van der Waals surface area contributed by atoms with E-state index in [9.17, 15) is 4.79 Å². The molecule has 2 aromatic rings. The minimum Gasteiger partial charge on any atom is -0.478 e. The Morgan fingerprint density at radius 2 is 2.15 bits per heavy atom. The van der Waals surface area contributed by atoms with Gasteiger partial charge in [0.2, 0.25) is 0 Å². The van der Waals surface area contributed by atoms with Crippen molar-refractivity contribution in [1.82, 2.24) is 19.8 Å². The Bertz CT molecular complexity index is 644. The molecule has 2 heterocycles. The Morgan fingerprint density at radius 1 is 1.40 bits per heavy atom. The molecule has 20 heavy (non-hydrogen) atoms. The summed E-state index contributed by atoms with van der Waals surface area (Å²) in [4.78, 5) is 18.0. The number of piperazine rings is 1. The van der Waals surface area contributed by atoms with Gasteiger partial charge in [-0.25, -0.2) is 9.78 Å². The van der Waals surface area contributed by atoms with E-state index in [1.54, 1.807) is 18.2 Å². The van der Waals surface area contributed by atoms with E-state index >= 15 is 0 Å². The highest BCUT2D eigenvalue weighted by Crippen LogP contribution is 2.18. The third kappa shape index (κ3) is 2.39. The van der Waals surface area contributed by atoms with Gasteiger partial charge in [-0.05, 0) is 18.2 Å². The van der Waals surface area contributed by atoms with E-state index in [0.29, 0.717) is 5.56 Å². The lowest BCUT2D eigenvalue weighted by molar-refractivity contribution is 0.0697. The van der Waals surface area contributed by atoms with Crippen LogP contribution in [-0.4, -0.2) is 51.7 Å². The van der Waals surface area contributed by atoms with Crippen LogP contribution in [0.25, 0.3) is 11.0 Å². The first-order valence-electron chi connectivity index (χ1n) is 6.77. The van der Waals surface area contributed by atoms with Gasteiger partial charge in [0.05, 0.1) is 23.1 Å². The molecule has 6 nitrogen and oxygen atoms in total. The van der Waals surface area contributed by atoms with Crippen LogP contribution in [0.15, 0.2) is 18.2 Å². The fourth-order valence-electron chi connectivity index (χ4n) is 2.58. The summed E-state index contributed by atoms with van der Waals surface area (Å²) >= 11 is 0. The van der Waals surface area contributed by atoms with Crippen LogP contribution in [0.5, 0.6) is 0 Å². The minimum atomic E-state index is -0.906. The first kappa shape index (κ1) is 13.1. The molecule has 106 valence electrons. The highest BCUT2D eigenvalue weighted by atomic mass is 16.4. The topological polar surface area (TPSA) is 70.4 Å². The fraction of sp³-hybridized carbons (Fsp3) is 0.429. The second-order valence-electron chi connectivity index (χ2n) is 5.12. The van der Waals surface area contributed by atoms with Crippen LogP contribution < -0.4 is 5.32 Å². The highest BCUT2D eigenvalue weighted by Gasteiger charge is 2.15. The van der Waals surface area contributed by atoms with E-state index < -0.39 is 5.97 Å². The zero-order valence-electron chi connectivity index (χ0n) is 11.5. The van der Waals surface area contributed by atoms with Crippen LogP contribution in [0.2, 0.25) is 0 Å². The molecule has 0 radical (unpaired) electrons. The van der Waals surface area contributed by atoms with Gasteiger partial charge in [-0.2, -0.15) is 0 Å². The van der Waals surface area contributed by atoms with Gasteiger partial charge in [0, 0.05) is 33.2 Å². The summed E-state index contributed by atoms with van der Waals surface area (Å²) in [6.07, 6.45) is 0. The van der Waals surface area contributed by atoms with Gasteiger partial charge in [0.15, 0.2) is 0 Å². The molecule has 1 aliphatic rings. The zero-order valence-corrected chi connectivity index (χ0v) is 11.5. The number of aryl methyl sites for hydroxylation is 1. The predicted molar refractivity (Wildman–Crippen MR) is 75.8 cm³/mol. The van der Waals surface area contributed by atoms with Gasteiger partial charge in [-0.15, -0.1) is 0 Å². The van der Waals surface area contributed by atoms with Crippen LogP contribution >= 0.6 is 0 Å². The summed E-state index contributed by atoms with van der Waals surface area (Å²) in [6, 6.07) is 5.07. The van der Waals surface area contributed by atoms with Crippen molar-refractivity contribution in [3.8, 4) is 0 Å². The summed E-state index contributed by atoms with van der Waals surface area (Å²) in [5, 5.41) is 12.4. The molecule has 3 rings (SSSR count). The SMILES string of the molecule is Cn1c(CN2CCNCC2)nc2ccc(C(=O)O)cc21. The van der Waals surface area contributed by atoms with Crippen molar-refractivity contribution in [2.24, 2.45) is 7.05 Å². The van der Waals surface area contributed by atoms with Crippen molar-refractivity contribution in [2.75, 3.05) is 26.2 Å². The highest BCUT2D eigenvalue weighted by molar-refractivity contribution is 5.92. The Balaban J connectivity index is 1.91. The summed E-state index contributed by atoms with van der Waals surface area (Å²) in [5.41, 5.74) is 2.02. The maximum atomic E-state index is 11.0. The number of hydrogen-bond acceptors (Lipinski definition) is 4. The first-order chi connectivity index (χ1) is 9.65. The summed E-state index contributed by atoms with van der Waals surface area (Å²) < 4.78 is 1.99. The standard InChI is InChI=1S/C14H18N4O2/c1-17-12-8-10(14(19)20)2-3-11(12)16-13(17)9-18-6-4-15-5-7-18/h2-3,8,15H,4-7,9H2,1H3,(H,19,20). The third-order valence-corrected chi connectivity index (χ3v) is 3.80. The smallest absolute Gasteiger partial charge is 0.335 e. The van der Waals surface area contributed by atoms with Gasteiger partial charge in [-0.3, -0.25) is 4.90 Å². The Kier molecular flexibility index (Phi) is 3.42. The number of carboxylic acid groups (broad SMARTS) is 1. The molecule has 0 amide bonds. The number of hydrogen-bond donors (Lipinski definition) is 2. The lowest BCUT2D eigenvalue weighted by Crippen LogP contribution is -2.43. The van der Waals surface area contributed by atoms with Crippen molar-refractivity contribution in [3.05, 3.63) is 29.6 Å². The molecule has 6 heteroatoms. The number of benzene rings is 1. The quantitative estimate of drug-likeness (QED) is 0.861. The minimum absolute atomic E-state index is 0.300. The van der Waals surface area contributed by atoms with Gasteiger partial charge < -0.3 is 15.0 Å². The van der Waals surface area contributed by atoms with Gasteiger partial charge >= 0.3 is 5.97 Å². The predicted octanol–water partition coefficient (Wildman–Crippen LogP) is 0.677. The number of rotatable bonds is 3. The second kappa shape index (κ2) is 5.22. The molecule has 0 unspecified atom stereocenters. The number of nitrogens with one attached hydrogen (secondary N) is 1. The van der Waals surface area contributed by atoms with Crippen LogP contribution in [-0.2, 0) is 13.6 Å². The fourth-order valence-corrected chi connectivity index (χ4v) is 2.58. The van der Waals surface area contributed by atoms with E-state index in [1.807, 2.05) is 11.6 Å².